The molecule has 20 heavy (non-hydrogen) atoms. The zero-order chi connectivity index (χ0) is 14.7. The van der Waals surface area contributed by atoms with Crippen molar-refractivity contribution in [2.24, 2.45) is 0 Å². The quantitative estimate of drug-likeness (QED) is 0.880. The number of methoxy groups -OCH3 is 1. The number of anilines is 2. The van der Waals surface area contributed by atoms with Crippen molar-refractivity contribution in [2.75, 3.05) is 30.8 Å². The van der Waals surface area contributed by atoms with Gasteiger partial charge in [-0.3, -0.25) is 4.79 Å². The van der Waals surface area contributed by atoms with Crippen LogP contribution in [0.3, 0.4) is 0 Å². The molecule has 1 aliphatic heterocycles. The van der Waals surface area contributed by atoms with Gasteiger partial charge in [-0.05, 0) is 38.2 Å². The summed E-state index contributed by atoms with van der Waals surface area (Å²) >= 11 is 1.29. The molecule has 1 fully saturated rings. The minimum atomic E-state index is -0.152. The van der Waals surface area contributed by atoms with Crippen LogP contribution in [0.4, 0.5) is 10.8 Å². The zero-order valence-corrected chi connectivity index (χ0v) is 13.0. The first-order valence-corrected chi connectivity index (χ1v) is 7.64. The Kier molecular flexibility index (Phi) is 4.82. The Balaban J connectivity index is 2.22. The van der Waals surface area contributed by atoms with Crippen LogP contribution in [-0.2, 0) is 4.74 Å². The Bertz CT molecular complexity index is 475. The molecule has 0 bridgehead atoms. The highest BCUT2D eigenvalue weighted by Crippen LogP contribution is 2.32. The van der Waals surface area contributed by atoms with E-state index in [-0.39, 0.29) is 18.1 Å². The molecule has 6 nitrogen and oxygen atoms in total. The summed E-state index contributed by atoms with van der Waals surface area (Å²) in [6, 6.07) is 0.0720. The molecule has 2 heterocycles. The molecule has 2 rings (SSSR count). The van der Waals surface area contributed by atoms with Gasteiger partial charge >= 0.3 is 0 Å². The summed E-state index contributed by atoms with van der Waals surface area (Å²) in [6.45, 7) is 5.54. The summed E-state index contributed by atoms with van der Waals surface area (Å²) in [7, 11) is 1.72. The number of nitrogens with zero attached hydrogens (tertiary/aromatic N) is 2. The molecular weight excluding hydrogens is 276 g/mol. The van der Waals surface area contributed by atoms with Crippen LogP contribution in [0.1, 0.15) is 37.0 Å². The summed E-state index contributed by atoms with van der Waals surface area (Å²) in [5.74, 6) is 0.156. The van der Waals surface area contributed by atoms with E-state index < -0.39 is 0 Å². The molecule has 1 aromatic heterocycles. The summed E-state index contributed by atoms with van der Waals surface area (Å²) in [4.78, 5) is 14.4. The van der Waals surface area contributed by atoms with Crippen LogP contribution in [0.2, 0.25) is 0 Å². The van der Waals surface area contributed by atoms with Crippen molar-refractivity contribution >= 4 is 28.3 Å². The average molecular weight is 298 g/mol. The van der Waals surface area contributed by atoms with Gasteiger partial charge in [0.1, 0.15) is 10.6 Å². The van der Waals surface area contributed by atoms with Gasteiger partial charge in [-0.2, -0.15) is 4.37 Å². The first kappa shape index (κ1) is 15.1. The van der Waals surface area contributed by atoms with Gasteiger partial charge in [-0.15, -0.1) is 0 Å². The van der Waals surface area contributed by atoms with Gasteiger partial charge < -0.3 is 20.7 Å². The normalized spacial score (nSPS) is 19.4. The molecule has 0 aliphatic carbocycles. The summed E-state index contributed by atoms with van der Waals surface area (Å²) in [6.07, 6.45) is 2.30. The van der Waals surface area contributed by atoms with Gasteiger partial charge in [0.05, 0.1) is 6.10 Å². The fourth-order valence-corrected chi connectivity index (χ4v) is 3.22. The molecular formula is C13H22N4O2S. The largest absolute Gasteiger partial charge is 0.382 e. The maximum Gasteiger partial charge on any atom is 0.258 e. The van der Waals surface area contributed by atoms with E-state index in [4.69, 9.17) is 10.5 Å². The molecule has 1 amide bonds. The highest BCUT2D eigenvalue weighted by molar-refractivity contribution is 7.11. The van der Waals surface area contributed by atoms with Gasteiger partial charge in [0, 0.05) is 26.2 Å². The van der Waals surface area contributed by atoms with E-state index in [1.54, 1.807) is 7.11 Å². The number of nitrogens with one attached hydrogen (secondary N) is 1. The predicted octanol–water partition coefficient (Wildman–Crippen LogP) is 1.48. The van der Waals surface area contributed by atoms with Crippen LogP contribution >= 0.6 is 11.5 Å². The van der Waals surface area contributed by atoms with Crippen molar-refractivity contribution in [3.8, 4) is 0 Å². The summed E-state index contributed by atoms with van der Waals surface area (Å²) < 4.78 is 9.57. The lowest BCUT2D eigenvalue weighted by Gasteiger charge is -2.32. The third-order valence-corrected chi connectivity index (χ3v) is 4.27. The van der Waals surface area contributed by atoms with Gasteiger partial charge in [0.2, 0.25) is 0 Å². The smallest absolute Gasteiger partial charge is 0.258 e. The van der Waals surface area contributed by atoms with Crippen LogP contribution in [-0.4, -0.2) is 42.6 Å². The molecule has 0 spiro atoms. The maximum absolute atomic E-state index is 12.3. The van der Waals surface area contributed by atoms with Gasteiger partial charge in [-0.25, -0.2) is 0 Å². The molecule has 0 aromatic carbocycles. The SMILES string of the molecule is COC1CCCN(c2snc(N)c2C(=O)NC(C)C)C1. The number of carbonyl (C=O) groups is 1. The lowest BCUT2D eigenvalue weighted by atomic mass is 10.1. The van der Waals surface area contributed by atoms with E-state index in [9.17, 15) is 4.79 Å². The number of hydrogen-bond donors (Lipinski definition) is 2. The fraction of sp³-hybridized carbons (Fsp3) is 0.692. The van der Waals surface area contributed by atoms with Crippen molar-refractivity contribution in [1.82, 2.24) is 9.69 Å². The third-order valence-electron chi connectivity index (χ3n) is 3.35. The lowest BCUT2D eigenvalue weighted by molar-refractivity contribution is 0.0888. The van der Waals surface area contributed by atoms with Crippen molar-refractivity contribution in [3.63, 3.8) is 0 Å². The second-order valence-electron chi connectivity index (χ2n) is 5.32. The molecule has 0 radical (unpaired) electrons. The molecule has 3 N–H and O–H groups in total. The molecule has 0 saturated carbocycles. The number of amides is 1. The number of nitrogen functional groups attached to an aromatic ring is 1. The molecule has 7 heteroatoms. The Labute approximate surface area is 123 Å². The molecule has 112 valence electrons. The van der Waals surface area contributed by atoms with E-state index in [0.29, 0.717) is 11.4 Å². The van der Waals surface area contributed by atoms with Crippen molar-refractivity contribution in [2.45, 2.75) is 38.8 Å². The topological polar surface area (TPSA) is 80.5 Å². The van der Waals surface area contributed by atoms with Gasteiger partial charge in [0.15, 0.2) is 5.82 Å². The van der Waals surface area contributed by atoms with Crippen molar-refractivity contribution in [3.05, 3.63) is 5.56 Å². The number of aromatic nitrogens is 1. The summed E-state index contributed by atoms with van der Waals surface area (Å²) in [5, 5.41) is 3.73. The predicted molar refractivity (Wildman–Crippen MR) is 81.4 cm³/mol. The van der Waals surface area contributed by atoms with Crippen molar-refractivity contribution < 1.29 is 9.53 Å². The lowest BCUT2D eigenvalue weighted by Crippen LogP contribution is -2.40. The Morgan fingerprint density at radius 1 is 1.60 bits per heavy atom. The van der Waals surface area contributed by atoms with Gasteiger partial charge in [-0.1, -0.05) is 0 Å². The van der Waals surface area contributed by atoms with Crippen LogP contribution in [0.25, 0.3) is 0 Å². The number of hydrogen-bond acceptors (Lipinski definition) is 6. The van der Waals surface area contributed by atoms with Gasteiger partial charge in [0.25, 0.3) is 5.91 Å². The third kappa shape index (κ3) is 3.21. The van der Waals surface area contributed by atoms with Crippen LogP contribution < -0.4 is 16.0 Å². The van der Waals surface area contributed by atoms with E-state index >= 15 is 0 Å². The van der Waals surface area contributed by atoms with Crippen LogP contribution in [0, 0.1) is 0 Å². The Hall–Kier alpha value is -1.34. The zero-order valence-electron chi connectivity index (χ0n) is 12.2. The van der Waals surface area contributed by atoms with E-state index in [1.807, 2.05) is 13.8 Å². The second-order valence-corrected chi connectivity index (χ2v) is 6.07. The van der Waals surface area contributed by atoms with E-state index in [0.717, 1.165) is 30.9 Å². The Morgan fingerprint density at radius 2 is 2.35 bits per heavy atom. The highest BCUT2D eigenvalue weighted by Gasteiger charge is 2.27. The molecule has 1 aliphatic rings. The number of carbonyl (C=O) groups excluding carboxylic acids is 1. The number of ether oxygens (including phenoxy) is 1. The minimum Gasteiger partial charge on any atom is -0.382 e. The number of rotatable bonds is 4. The Morgan fingerprint density at radius 3 is 3.00 bits per heavy atom. The molecule has 1 aromatic rings. The van der Waals surface area contributed by atoms with E-state index in [2.05, 4.69) is 14.6 Å². The molecule has 1 atom stereocenters. The van der Waals surface area contributed by atoms with E-state index in [1.165, 1.54) is 11.5 Å². The molecule has 1 unspecified atom stereocenters. The number of piperidine rings is 1. The standard InChI is InChI=1S/C13H22N4O2S/c1-8(2)15-12(18)10-11(14)16-20-13(10)17-6-4-5-9(7-17)19-3/h8-9H,4-7H2,1-3H3,(H2,14,16)(H,15,18). The first-order chi connectivity index (χ1) is 9.52. The average Bonchev–Trinajstić information content (AvgIpc) is 2.80. The van der Waals surface area contributed by atoms with Crippen LogP contribution in [0.15, 0.2) is 0 Å². The number of nitrogens with two attached hydrogens (primary N) is 1. The first-order valence-electron chi connectivity index (χ1n) is 6.86. The minimum absolute atomic E-state index is 0.0720. The second kappa shape index (κ2) is 6.41. The molecule has 1 saturated heterocycles. The fourth-order valence-electron chi connectivity index (χ4n) is 2.37. The van der Waals surface area contributed by atoms with Crippen LogP contribution in [0.5, 0.6) is 0 Å². The van der Waals surface area contributed by atoms with Crippen molar-refractivity contribution in [1.29, 1.82) is 0 Å². The monoisotopic (exact) mass is 298 g/mol. The maximum atomic E-state index is 12.3. The summed E-state index contributed by atoms with van der Waals surface area (Å²) in [5.41, 5.74) is 6.37. The highest BCUT2D eigenvalue weighted by atomic mass is 32.1.